The summed E-state index contributed by atoms with van der Waals surface area (Å²) in [4.78, 5) is 27.6. The van der Waals surface area contributed by atoms with Gasteiger partial charge in [0.25, 0.3) is 0 Å². The van der Waals surface area contributed by atoms with Gasteiger partial charge in [-0.2, -0.15) is 0 Å². The van der Waals surface area contributed by atoms with Crippen LogP contribution in [0, 0.1) is 0 Å². The molecule has 138 valence electrons. The van der Waals surface area contributed by atoms with Gasteiger partial charge in [0, 0.05) is 38.6 Å². The topological polar surface area (TPSA) is 66.9 Å². The molecule has 2 aliphatic rings. The van der Waals surface area contributed by atoms with E-state index in [1.165, 1.54) is 0 Å². The normalized spacial score (nSPS) is 22.6. The van der Waals surface area contributed by atoms with Crippen LogP contribution in [-0.4, -0.2) is 62.0 Å². The van der Waals surface area contributed by atoms with Crippen molar-refractivity contribution in [3.8, 4) is 0 Å². The van der Waals surface area contributed by atoms with Gasteiger partial charge in [0.1, 0.15) is 0 Å². The third kappa shape index (κ3) is 6.01. The minimum atomic E-state index is -2.97. The molecule has 2 saturated heterocycles. The Hall–Kier alpha value is -0.653. The van der Waals surface area contributed by atoms with E-state index < -0.39 is 15.7 Å². The van der Waals surface area contributed by atoms with E-state index in [1.54, 1.807) is 9.80 Å². The molecular weight excluding hydrogens is 343 g/mol. The van der Waals surface area contributed by atoms with E-state index >= 15 is 0 Å². The second-order valence-electron chi connectivity index (χ2n) is 7.84. The third-order valence-electron chi connectivity index (χ3n) is 4.38. The van der Waals surface area contributed by atoms with Crippen molar-refractivity contribution < 1.29 is 18.4 Å². The van der Waals surface area contributed by atoms with Crippen molar-refractivity contribution in [2.75, 3.05) is 32.1 Å². The van der Waals surface area contributed by atoms with Crippen LogP contribution in [0.25, 0.3) is 0 Å². The predicted octanol–water partition coefficient (Wildman–Crippen LogP) is 3.10. The first-order chi connectivity index (χ1) is 11.2. The van der Waals surface area contributed by atoms with Crippen LogP contribution >= 0.6 is 7.37 Å². The molecule has 0 aromatic carbocycles. The molecule has 1 atom stereocenters. The van der Waals surface area contributed by atoms with Gasteiger partial charge in [-0.15, -0.1) is 0 Å². The van der Waals surface area contributed by atoms with Crippen LogP contribution in [0.5, 0.6) is 0 Å². The molecule has 0 aromatic heterocycles. The van der Waals surface area contributed by atoms with E-state index in [-0.39, 0.29) is 18.1 Å². The zero-order valence-corrected chi connectivity index (χ0v) is 17.1. The van der Waals surface area contributed by atoms with Crippen LogP contribution in [0.3, 0.4) is 0 Å². The van der Waals surface area contributed by atoms with Crippen LogP contribution < -0.4 is 0 Å². The van der Waals surface area contributed by atoms with Crippen molar-refractivity contribution in [2.45, 2.75) is 58.2 Å². The number of carbonyl (C=O) groups is 2. The molecule has 0 saturated carbocycles. The Morgan fingerprint density at radius 1 is 0.958 bits per heavy atom. The lowest BCUT2D eigenvalue weighted by atomic mass is 10.2. The lowest BCUT2D eigenvalue weighted by molar-refractivity contribution is -0.130. The predicted molar refractivity (Wildman–Crippen MR) is 97.8 cm³/mol. The van der Waals surface area contributed by atoms with Gasteiger partial charge in [0.15, 0.2) is 8.32 Å². The highest BCUT2D eigenvalue weighted by Crippen LogP contribution is 2.50. The van der Waals surface area contributed by atoms with Gasteiger partial charge in [-0.25, -0.2) is 0 Å². The van der Waals surface area contributed by atoms with Crippen LogP contribution in [0.1, 0.15) is 38.5 Å². The van der Waals surface area contributed by atoms with Crippen LogP contribution in [0.4, 0.5) is 0 Å². The van der Waals surface area contributed by atoms with Crippen molar-refractivity contribution in [1.29, 1.82) is 0 Å². The summed E-state index contributed by atoms with van der Waals surface area (Å²) >= 11 is 0. The molecule has 0 aromatic rings. The van der Waals surface area contributed by atoms with E-state index in [0.717, 1.165) is 32.2 Å². The molecule has 0 spiro atoms. The van der Waals surface area contributed by atoms with Gasteiger partial charge >= 0.3 is 0 Å². The maximum absolute atomic E-state index is 13.5. The Balaban J connectivity index is 2.05. The smallest absolute Gasteiger partial charge is 0.223 e. The molecular formula is C16H31N2O4PSi. The van der Waals surface area contributed by atoms with Gasteiger partial charge in [-0.1, -0.05) is 6.42 Å². The number of rotatable bonds is 7. The third-order valence-corrected chi connectivity index (χ3v) is 9.56. The Labute approximate surface area is 146 Å². The van der Waals surface area contributed by atoms with E-state index in [0.29, 0.717) is 32.1 Å². The molecule has 1 unspecified atom stereocenters. The molecule has 8 heteroatoms. The van der Waals surface area contributed by atoms with Crippen molar-refractivity contribution in [3.05, 3.63) is 0 Å². The lowest BCUT2D eigenvalue weighted by Crippen LogP contribution is -2.36. The van der Waals surface area contributed by atoms with Crippen molar-refractivity contribution in [3.63, 3.8) is 0 Å². The SMILES string of the molecule is C[Si](C)(C)OP(=O)(CCN1CCCC1=O)CN1CCCCCC1=O. The first-order valence-corrected chi connectivity index (χ1v) is 14.4. The van der Waals surface area contributed by atoms with Gasteiger partial charge in [0.05, 0.1) is 6.29 Å². The molecule has 0 radical (unpaired) electrons. The molecule has 0 bridgehead atoms. The van der Waals surface area contributed by atoms with E-state index in [1.807, 2.05) is 19.6 Å². The fraction of sp³-hybridized carbons (Fsp3) is 0.875. The Bertz CT molecular complexity index is 521. The van der Waals surface area contributed by atoms with Gasteiger partial charge < -0.3 is 14.0 Å². The minimum absolute atomic E-state index is 0.0872. The van der Waals surface area contributed by atoms with Crippen molar-refractivity contribution in [2.24, 2.45) is 0 Å². The summed E-state index contributed by atoms with van der Waals surface area (Å²) in [5, 5.41) is 0. The molecule has 2 heterocycles. The molecule has 2 aliphatic heterocycles. The molecule has 6 nitrogen and oxygen atoms in total. The number of hydrogen-bond donors (Lipinski definition) is 0. The summed E-state index contributed by atoms with van der Waals surface area (Å²) in [6.07, 6.45) is 5.48. The largest absolute Gasteiger partial charge is 0.369 e. The number of amides is 2. The van der Waals surface area contributed by atoms with Gasteiger partial charge in [-0.3, -0.25) is 14.2 Å². The number of nitrogens with zero attached hydrogens (tertiary/aromatic N) is 2. The maximum Gasteiger partial charge on any atom is 0.223 e. The zero-order valence-electron chi connectivity index (χ0n) is 15.3. The Morgan fingerprint density at radius 2 is 1.58 bits per heavy atom. The standard InChI is InChI=1S/C16H31N2O4PSi/c1-24(2,3)22-23(21,13-12-17-11-7-9-15(17)19)14-18-10-6-4-5-8-16(18)20/h4-14H2,1-3H3. The molecule has 2 rings (SSSR count). The first-order valence-electron chi connectivity index (χ1n) is 9.03. The maximum atomic E-state index is 13.5. The molecule has 24 heavy (non-hydrogen) atoms. The average molecular weight is 374 g/mol. The molecule has 0 aliphatic carbocycles. The zero-order chi connectivity index (χ0) is 17.8. The summed E-state index contributed by atoms with van der Waals surface area (Å²) in [5.74, 6) is 0.226. The second-order valence-corrected chi connectivity index (χ2v) is 15.1. The summed E-state index contributed by atoms with van der Waals surface area (Å²) in [6, 6.07) is 0. The highest BCUT2D eigenvalue weighted by Gasteiger charge is 2.35. The Kier molecular flexibility index (Phi) is 6.68. The van der Waals surface area contributed by atoms with E-state index in [2.05, 4.69) is 0 Å². The van der Waals surface area contributed by atoms with Crippen molar-refractivity contribution in [1.82, 2.24) is 9.80 Å². The highest BCUT2D eigenvalue weighted by molar-refractivity contribution is 7.60. The minimum Gasteiger partial charge on any atom is -0.369 e. The molecule has 2 fully saturated rings. The summed E-state index contributed by atoms with van der Waals surface area (Å²) in [7, 11) is -4.98. The highest BCUT2D eigenvalue weighted by atomic mass is 31.2. The fourth-order valence-electron chi connectivity index (χ4n) is 3.31. The number of carbonyl (C=O) groups excluding carboxylic acids is 2. The summed E-state index contributed by atoms with van der Waals surface area (Å²) in [6.45, 7) is 7.94. The lowest BCUT2D eigenvalue weighted by Gasteiger charge is -2.32. The Morgan fingerprint density at radius 3 is 2.21 bits per heavy atom. The number of hydrogen-bond acceptors (Lipinski definition) is 4. The number of likely N-dealkylation sites (tertiary alicyclic amines) is 2. The van der Waals surface area contributed by atoms with Crippen LogP contribution in [0.2, 0.25) is 19.6 Å². The molecule has 0 N–H and O–H groups in total. The molecule has 2 amide bonds. The van der Waals surface area contributed by atoms with Gasteiger partial charge in [0.2, 0.25) is 19.2 Å². The van der Waals surface area contributed by atoms with E-state index in [4.69, 9.17) is 4.21 Å². The average Bonchev–Trinajstić information content (AvgIpc) is 2.76. The van der Waals surface area contributed by atoms with Crippen molar-refractivity contribution >= 4 is 27.5 Å². The summed E-state index contributed by atoms with van der Waals surface area (Å²) in [5.41, 5.74) is 0. The fourth-order valence-corrected chi connectivity index (χ4v) is 9.40. The quantitative estimate of drug-likeness (QED) is 0.507. The van der Waals surface area contributed by atoms with Crippen LogP contribution in [0.15, 0.2) is 0 Å². The van der Waals surface area contributed by atoms with E-state index in [9.17, 15) is 14.2 Å². The van der Waals surface area contributed by atoms with Gasteiger partial charge in [-0.05, 0) is 38.9 Å². The second kappa shape index (κ2) is 8.15. The monoisotopic (exact) mass is 374 g/mol. The first kappa shape index (κ1) is 19.7. The van der Waals surface area contributed by atoms with Crippen LogP contribution in [-0.2, 0) is 18.4 Å². The summed E-state index contributed by atoms with van der Waals surface area (Å²) < 4.78 is 19.6.